The van der Waals surface area contributed by atoms with E-state index in [1.807, 2.05) is 37.3 Å². The SMILES string of the molecule is C/C(=C\CCC(=O)O)c1ccc(Cl)cc1. The van der Waals surface area contributed by atoms with Crippen molar-refractivity contribution in [3.63, 3.8) is 0 Å². The van der Waals surface area contributed by atoms with Gasteiger partial charge >= 0.3 is 5.97 Å². The van der Waals surface area contributed by atoms with Crippen LogP contribution in [0.3, 0.4) is 0 Å². The number of allylic oxidation sites excluding steroid dienone is 2. The van der Waals surface area contributed by atoms with Crippen molar-refractivity contribution >= 4 is 23.1 Å². The highest BCUT2D eigenvalue weighted by atomic mass is 35.5. The molecule has 0 aliphatic carbocycles. The molecule has 0 aliphatic rings. The quantitative estimate of drug-likeness (QED) is 0.849. The van der Waals surface area contributed by atoms with Crippen molar-refractivity contribution in [1.29, 1.82) is 0 Å². The lowest BCUT2D eigenvalue weighted by Gasteiger charge is -2.01. The van der Waals surface area contributed by atoms with Gasteiger partial charge in [-0.1, -0.05) is 29.8 Å². The maximum Gasteiger partial charge on any atom is 0.303 e. The predicted molar refractivity (Wildman–Crippen MR) is 62.0 cm³/mol. The third-order valence-corrected chi connectivity index (χ3v) is 2.36. The summed E-state index contributed by atoms with van der Waals surface area (Å²) in [4.78, 5) is 10.3. The van der Waals surface area contributed by atoms with E-state index in [-0.39, 0.29) is 6.42 Å². The molecular formula is C12H13ClO2. The number of carbonyl (C=O) groups is 1. The molecule has 0 bridgehead atoms. The Morgan fingerprint density at radius 3 is 2.53 bits per heavy atom. The monoisotopic (exact) mass is 224 g/mol. The first-order valence-electron chi connectivity index (χ1n) is 4.74. The van der Waals surface area contributed by atoms with E-state index < -0.39 is 5.97 Å². The molecule has 0 fully saturated rings. The second-order valence-corrected chi connectivity index (χ2v) is 3.76. The lowest BCUT2D eigenvalue weighted by atomic mass is 10.1. The number of hydrogen-bond donors (Lipinski definition) is 1. The highest BCUT2D eigenvalue weighted by molar-refractivity contribution is 6.30. The van der Waals surface area contributed by atoms with Crippen LogP contribution < -0.4 is 0 Å². The lowest BCUT2D eigenvalue weighted by Crippen LogP contribution is -1.92. The molecule has 1 N–H and O–H groups in total. The first-order valence-corrected chi connectivity index (χ1v) is 5.12. The predicted octanol–water partition coefficient (Wildman–Crippen LogP) is 3.61. The smallest absolute Gasteiger partial charge is 0.303 e. The zero-order chi connectivity index (χ0) is 11.3. The third-order valence-electron chi connectivity index (χ3n) is 2.11. The summed E-state index contributed by atoms with van der Waals surface area (Å²) < 4.78 is 0. The maximum atomic E-state index is 10.3. The molecule has 2 nitrogen and oxygen atoms in total. The molecule has 1 aromatic carbocycles. The Balaban J connectivity index is 2.63. The summed E-state index contributed by atoms with van der Waals surface area (Å²) >= 11 is 5.77. The van der Waals surface area contributed by atoms with Gasteiger partial charge in [0.25, 0.3) is 0 Å². The number of carboxylic acid groups (broad SMARTS) is 1. The number of carboxylic acids is 1. The van der Waals surface area contributed by atoms with Crippen LogP contribution in [-0.2, 0) is 4.79 Å². The van der Waals surface area contributed by atoms with E-state index in [4.69, 9.17) is 16.7 Å². The number of aliphatic carboxylic acids is 1. The second kappa shape index (κ2) is 5.56. The zero-order valence-corrected chi connectivity index (χ0v) is 9.29. The summed E-state index contributed by atoms with van der Waals surface area (Å²) in [6, 6.07) is 7.50. The molecule has 0 saturated carbocycles. The molecule has 0 amide bonds. The van der Waals surface area contributed by atoms with Gasteiger partial charge in [-0.2, -0.15) is 0 Å². The number of rotatable bonds is 4. The van der Waals surface area contributed by atoms with E-state index in [2.05, 4.69) is 0 Å². The highest BCUT2D eigenvalue weighted by Crippen LogP contribution is 2.17. The van der Waals surface area contributed by atoms with Gasteiger partial charge in [0, 0.05) is 11.4 Å². The fraction of sp³-hybridized carbons (Fsp3) is 0.250. The largest absolute Gasteiger partial charge is 0.481 e. The van der Waals surface area contributed by atoms with Gasteiger partial charge in [-0.3, -0.25) is 4.79 Å². The normalized spacial score (nSPS) is 11.5. The van der Waals surface area contributed by atoms with Gasteiger partial charge in [-0.05, 0) is 36.6 Å². The summed E-state index contributed by atoms with van der Waals surface area (Å²) in [5.74, 6) is -0.768. The van der Waals surface area contributed by atoms with Crippen LogP contribution in [0.1, 0.15) is 25.3 Å². The molecule has 15 heavy (non-hydrogen) atoms. The average molecular weight is 225 g/mol. The van der Waals surface area contributed by atoms with Crippen LogP contribution in [0.4, 0.5) is 0 Å². The van der Waals surface area contributed by atoms with Gasteiger partial charge in [0.15, 0.2) is 0 Å². The van der Waals surface area contributed by atoms with E-state index in [0.29, 0.717) is 11.4 Å². The Morgan fingerprint density at radius 1 is 1.40 bits per heavy atom. The fourth-order valence-corrected chi connectivity index (χ4v) is 1.37. The molecule has 0 aliphatic heterocycles. The summed E-state index contributed by atoms with van der Waals surface area (Å²) in [6.45, 7) is 1.96. The van der Waals surface area contributed by atoms with Crippen molar-refractivity contribution in [3.8, 4) is 0 Å². The molecule has 0 unspecified atom stereocenters. The molecule has 0 heterocycles. The van der Waals surface area contributed by atoms with E-state index >= 15 is 0 Å². The molecule has 80 valence electrons. The molecule has 0 saturated heterocycles. The first-order chi connectivity index (χ1) is 7.09. The lowest BCUT2D eigenvalue weighted by molar-refractivity contribution is -0.136. The Kier molecular flexibility index (Phi) is 4.37. The van der Waals surface area contributed by atoms with Gasteiger partial charge in [-0.15, -0.1) is 0 Å². The Hall–Kier alpha value is -1.28. The van der Waals surface area contributed by atoms with Gasteiger partial charge in [0.2, 0.25) is 0 Å². The number of hydrogen-bond acceptors (Lipinski definition) is 1. The Labute approximate surface area is 94.2 Å². The summed E-state index contributed by atoms with van der Waals surface area (Å²) in [6.07, 6.45) is 2.66. The minimum atomic E-state index is -0.768. The van der Waals surface area contributed by atoms with Crippen LogP contribution in [0.15, 0.2) is 30.3 Å². The van der Waals surface area contributed by atoms with Gasteiger partial charge in [0.05, 0.1) is 0 Å². The van der Waals surface area contributed by atoms with Crippen LogP contribution in [0.25, 0.3) is 5.57 Å². The maximum absolute atomic E-state index is 10.3. The van der Waals surface area contributed by atoms with Crippen LogP contribution in [0.2, 0.25) is 5.02 Å². The second-order valence-electron chi connectivity index (χ2n) is 3.33. The van der Waals surface area contributed by atoms with Gasteiger partial charge < -0.3 is 5.11 Å². The highest BCUT2D eigenvalue weighted by Gasteiger charge is 1.97. The van der Waals surface area contributed by atoms with E-state index in [0.717, 1.165) is 11.1 Å². The van der Waals surface area contributed by atoms with E-state index in [1.165, 1.54) is 0 Å². The van der Waals surface area contributed by atoms with Gasteiger partial charge in [0.1, 0.15) is 0 Å². The first kappa shape index (κ1) is 11.8. The van der Waals surface area contributed by atoms with Crippen molar-refractivity contribution in [2.45, 2.75) is 19.8 Å². The van der Waals surface area contributed by atoms with Crippen LogP contribution in [-0.4, -0.2) is 11.1 Å². The molecule has 0 aromatic heterocycles. The summed E-state index contributed by atoms with van der Waals surface area (Å²) in [5.41, 5.74) is 2.15. The fourth-order valence-electron chi connectivity index (χ4n) is 1.24. The van der Waals surface area contributed by atoms with Crippen LogP contribution >= 0.6 is 11.6 Å². The third kappa shape index (κ3) is 4.17. The van der Waals surface area contributed by atoms with E-state index in [1.54, 1.807) is 0 Å². The van der Waals surface area contributed by atoms with E-state index in [9.17, 15) is 4.79 Å². The molecular weight excluding hydrogens is 212 g/mol. The Morgan fingerprint density at radius 2 is 2.00 bits per heavy atom. The van der Waals surface area contributed by atoms with Crippen LogP contribution in [0.5, 0.6) is 0 Å². The topological polar surface area (TPSA) is 37.3 Å². The molecule has 1 aromatic rings. The molecule has 1 rings (SSSR count). The zero-order valence-electron chi connectivity index (χ0n) is 8.53. The van der Waals surface area contributed by atoms with Crippen molar-refractivity contribution in [1.82, 2.24) is 0 Å². The molecule has 3 heteroatoms. The average Bonchev–Trinajstić information content (AvgIpc) is 2.18. The Bertz CT molecular complexity index is 366. The van der Waals surface area contributed by atoms with Gasteiger partial charge in [-0.25, -0.2) is 0 Å². The minimum Gasteiger partial charge on any atom is -0.481 e. The molecule has 0 spiro atoms. The summed E-state index contributed by atoms with van der Waals surface area (Å²) in [5, 5.41) is 9.19. The van der Waals surface area contributed by atoms with Crippen molar-refractivity contribution in [2.24, 2.45) is 0 Å². The number of halogens is 1. The summed E-state index contributed by atoms with van der Waals surface area (Å²) in [7, 11) is 0. The molecule has 0 radical (unpaired) electrons. The van der Waals surface area contributed by atoms with Crippen molar-refractivity contribution in [3.05, 3.63) is 40.9 Å². The standard InChI is InChI=1S/C12H13ClO2/c1-9(3-2-4-12(14)15)10-5-7-11(13)8-6-10/h3,5-8H,2,4H2,1H3,(H,14,15)/b9-3+. The molecule has 0 atom stereocenters. The minimum absolute atomic E-state index is 0.172. The van der Waals surface area contributed by atoms with Crippen LogP contribution in [0, 0.1) is 0 Å². The van der Waals surface area contributed by atoms with Crippen molar-refractivity contribution in [2.75, 3.05) is 0 Å². The van der Waals surface area contributed by atoms with Crippen molar-refractivity contribution < 1.29 is 9.90 Å². The number of benzene rings is 1.